The van der Waals surface area contributed by atoms with Crippen LogP contribution < -0.4 is 0 Å². The SMILES string of the molecule is OC1c2c3ccccc3c(c3cc(C#Cc4cc5ccc6cccc7ccc(c4)c5c67)ccc23)C1O. The molecule has 2 aliphatic carbocycles. The predicted molar refractivity (Wildman–Crippen MR) is 147 cm³/mol. The first-order valence-corrected chi connectivity index (χ1v) is 12.2. The number of fused-ring (bicyclic) bond motifs is 1. The maximum Gasteiger partial charge on any atom is 0.110 e. The zero-order valence-corrected chi connectivity index (χ0v) is 19.3. The van der Waals surface area contributed by atoms with Crippen molar-refractivity contribution >= 4 is 53.9 Å². The second-order valence-corrected chi connectivity index (χ2v) is 9.78. The Labute approximate surface area is 207 Å². The molecule has 0 aromatic heterocycles. The number of hydrogen-bond donors (Lipinski definition) is 2. The Hall–Kier alpha value is -4.42. The molecule has 2 heteroatoms. The minimum absolute atomic E-state index is 0.787. The third-order valence-electron chi connectivity index (χ3n) is 7.81. The Morgan fingerprint density at radius 1 is 0.444 bits per heavy atom. The van der Waals surface area contributed by atoms with Gasteiger partial charge in [-0.15, -0.1) is 0 Å². The van der Waals surface area contributed by atoms with Gasteiger partial charge in [-0.3, -0.25) is 0 Å². The van der Waals surface area contributed by atoms with Gasteiger partial charge >= 0.3 is 0 Å². The van der Waals surface area contributed by atoms with E-state index in [0.29, 0.717) is 0 Å². The van der Waals surface area contributed by atoms with Gasteiger partial charge in [0.05, 0.1) is 0 Å². The van der Waals surface area contributed by atoms with Gasteiger partial charge in [0.15, 0.2) is 0 Å². The minimum Gasteiger partial charge on any atom is -0.385 e. The van der Waals surface area contributed by atoms with Crippen molar-refractivity contribution in [3.8, 4) is 11.8 Å². The molecule has 0 aliphatic heterocycles. The molecule has 2 unspecified atom stereocenters. The third kappa shape index (κ3) is 2.59. The van der Waals surface area contributed by atoms with Gasteiger partial charge in [0, 0.05) is 11.1 Å². The van der Waals surface area contributed by atoms with Gasteiger partial charge in [-0.2, -0.15) is 0 Å². The van der Waals surface area contributed by atoms with Gasteiger partial charge in [0.1, 0.15) is 12.2 Å². The fourth-order valence-corrected chi connectivity index (χ4v) is 6.25. The Morgan fingerprint density at radius 3 is 1.64 bits per heavy atom. The van der Waals surface area contributed by atoms with E-state index in [2.05, 4.69) is 66.4 Å². The number of benzene rings is 7. The fourth-order valence-electron chi connectivity index (χ4n) is 6.25. The van der Waals surface area contributed by atoms with Gasteiger partial charge in [0.25, 0.3) is 0 Å². The topological polar surface area (TPSA) is 40.5 Å². The third-order valence-corrected chi connectivity index (χ3v) is 7.81. The summed E-state index contributed by atoms with van der Waals surface area (Å²) in [6.07, 6.45) is -1.83. The number of aliphatic hydroxyl groups excluding tert-OH is 2. The molecule has 2 atom stereocenters. The number of aliphatic hydroxyl groups is 2. The van der Waals surface area contributed by atoms with Crippen molar-refractivity contribution in [2.45, 2.75) is 12.2 Å². The molecule has 0 spiro atoms. The maximum atomic E-state index is 10.8. The van der Waals surface area contributed by atoms with Gasteiger partial charge in [-0.25, -0.2) is 0 Å². The first kappa shape index (κ1) is 19.8. The van der Waals surface area contributed by atoms with E-state index in [1.807, 2.05) is 42.5 Å². The standard InChI is InChI=1S/C34H20O2/c35-33-31-25-6-1-2-7-26(25)32(34(33)36)28-18-19(10-15-27(28)31)8-9-20-16-23-13-11-21-4-3-5-22-12-14-24(17-20)30(23)29(21)22/h1-7,10-18,33-36H. The number of hydrogen-bond acceptors (Lipinski definition) is 2. The quantitative estimate of drug-likeness (QED) is 0.141. The van der Waals surface area contributed by atoms with Gasteiger partial charge in [-0.1, -0.05) is 84.6 Å². The van der Waals surface area contributed by atoms with E-state index in [1.165, 1.54) is 32.3 Å². The molecule has 2 nitrogen and oxygen atoms in total. The summed E-state index contributed by atoms with van der Waals surface area (Å²) in [5.41, 5.74) is 3.45. The summed E-state index contributed by atoms with van der Waals surface area (Å²) in [4.78, 5) is 0. The largest absolute Gasteiger partial charge is 0.385 e. The molecule has 7 aromatic carbocycles. The van der Waals surface area contributed by atoms with Crippen molar-refractivity contribution in [2.75, 3.05) is 0 Å². The lowest BCUT2D eigenvalue weighted by atomic mass is 9.78. The Bertz CT molecular complexity index is 2030. The normalized spacial score (nSPS) is 16.9. The molecule has 2 bridgehead atoms. The molecule has 9 rings (SSSR count). The summed E-state index contributed by atoms with van der Waals surface area (Å²) in [5.74, 6) is 6.72. The van der Waals surface area contributed by atoms with Crippen LogP contribution in [0.3, 0.4) is 0 Å². The van der Waals surface area contributed by atoms with E-state index < -0.39 is 12.2 Å². The molecule has 2 aliphatic rings. The van der Waals surface area contributed by atoms with Crippen molar-refractivity contribution in [3.05, 3.63) is 119 Å². The first-order chi connectivity index (χ1) is 17.7. The van der Waals surface area contributed by atoms with Crippen LogP contribution in [0.25, 0.3) is 53.9 Å². The van der Waals surface area contributed by atoms with Crippen LogP contribution in [0.1, 0.15) is 34.5 Å². The maximum absolute atomic E-state index is 10.8. The summed E-state index contributed by atoms with van der Waals surface area (Å²) in [7, 11) is 0. The Balaban J connectivity index is 1.30. The molecule has 0 radical (unpaired) electrons. The Kier molecular flexibility index (Phi) is 3.89. The molecule has 7 aromatic rings. The van der Waals surface area contributed by atoms with Crippen LogP contribution in [0.4, 0.5) is 0 Å². The molecule has 0 saturated heterocycles. The van der Waals surface area contributed by atoms with E-state index in [4.69, 9.17) is 0 Å². The van der Waals surface area contributed by atoms with Crippen LogP contribution in [-0.2, 0) is 0 Å². The molecule has 0 fully saturated rings. The highest BCUT2D eigenvalue weighted by atomic mass is 16.3. The second kappa shape index (κ2) is 7.06. The minimum atomic E-state index is -0.925. The van der Waals surface area contributed by atoms with Crippen LogP contribution in [0.15, 0.2) is 97.1 Å². The summed E-state index contributed by atoms with van der Waals surface area (Å²) in [5, 5.41) is 33.1. The molecule has 0 amide bonds. The molecule has 36 heavy (non-hydrogen) atoms. The highest BCUT2D eigenvalue weighted by Crippen LogP contribution is 2.49. The molecule has 0 saturated carbocycles. The highest BCUT2D eigenvalue weighted by Gasteiger charge is 2.34. The van der Waals surface area contributed by atoms with Crippen LogP contribution in [0, 0.1) is 11.8 Å². The predicted octanol–water partition coefficient (Wildman–Crippen LogP) is 7.37. The van der Waals surface area contributed by atoms with Crippen molar-refractivity contribution < 1.29 is 10.2 Å². The van der Waals surface area contributed by atoms with E-state index in [0.717, 1.165) is 43.8 Å². The lowest BCUT2D eigenvalue weighted by Gasteiger charge is -2.31. The van der Waals surface area contributed by atoms with Crippen molar-refractivity contribution in [3.63, 3.8) is 0 Å². The molecule has 2 N–H and O–H groups in total. The van der Waals surface area contributed by atoms with E-state index >= 15 is 0 Å². The van der Waals surface area contributed by atoms with E-state index in [9.17, 15) is 10.2 Å². The monoisotopic (exact) mass is 460 g/mol. The molecule has 0 heterocycles. The lowest BCUT2D eigenvalue weighted by molar-refractivity contribution is 0.0182. The molecule has 168 valence electrons. The summed E-state index contributed by atoms with van der Waals surface area (Å²) in [6.45, 7) is 0. The second-order valence-electron chi connectivity index (χ2n) is 9.78. The molecular weight excluding hydrogens is 440 g/mol. The van der Waals surface area contributed by atoms with Gasteiger partial charge in [0.2, 0.25) is 0 Å². The van der Waals surface area contributed by atoms with Crippen LogP contribution in [-0.4, -0.2) is 10.2 Å². The summed E-state index contributed by atoms with van der Waals surface area (Å²) in [6, 6.07) is 33.6. The van der Waals surface area contributed by atoms with E-state index in [-0.39, 0.29) is 0 Å². The fraction of sp³-hybridized carbons (Fsp3) is 0.0588. The zero-order valence-electron chi connectivity index (χ0n) is 19.3. The van der Waals surface area contributed by atoms with Crippen molar-refractivity contribution in [2.24, 2.45) is 0 Å². The van der Waals surface area contributed by atoms with Crippen LogP contribution in [0.5, 0.6) is 0 Å². The average molecular weight is 461 g/mol. The summed E-state index contributed by atoms with van der Waals surface area (Å²) >= 11 is 0. The van der Waals surface area contributed by atoms with Crippen molar-refractivity contribution in [1.82, 2.24) is 0 Å². The van der Waals surface area contributed by atoms with E-state index in [1.54, 1.807) is 0 Å². The lowest BCUT2D eigenvalue weighted by Crippen LogP contribution is -2.18. The molecular formula is C34H20O2. The van der Waals surface area contributed by atoms with Gasteiger partial charge < -0.3 is 10.2 Å². The number of rotatable bonds is 0. The van der Waals surface area contributed by atoms with Crippen LogP contribution >= 0.6 is 0 Å². The van der Waals surface area contributed by atoms with Crippen LogP contribution in [0.2, 0.25) is 0 Å². The highest BCUT2D eigenvalue weighted by molar-refractivity contribution is 6.23. The summed E-state index contributed by atoms with van der Waals surface area (Å²) < 4.78 is 0. The van der Waals surface area contributed by atoms with Gasteiger partial charge in [-0.05, 0) is 89.3 Å². The average Bonchev–Trinajstić information content (AvgIpc) is 2.92. The zero-order chi connectivity index (χ0) is 24.0. The van der Waals surface area contributed by atoms with Crippen molar-refractivity contribution in [1.29, 1.82) is 0 Å². The first-order valence-electron chi connectivity index (χ1n) is 12.2. The Morgan fingerprint density at radius 2 is 0.972 bits per heavy atom. The smallest absolute Gasteiger partial charge is 0.110 e.